The van der Waals surface area contributed by atoms with Gasteiger partial charge in [-0.05, 0) is 0 Å². The van der Waals surface area contributed by atoms with Gasteiger partial charge in [0.1, 0.15) is 12.3 Å². The zero-order valence-corrected chi connectivity index (χ0v) is 12.8. The molecule has 0 unspecified atom stereocenters. The van der Waals surface area contributed by atoms with Gasteiger partial charge in [-0.25, -0.2) is 4.79 Å². The molecule has 0 radical (unpaired) electrons. The van der Waals surface area contributed by atoms with Gasteiger partial charge in [0.15, 0.2) is 0 Å². The van der Waals surface area contributed by atoms with Gasteiger partial charge in [-0.15, -0.1) is 0 Å². The van der Waals surface area contributed by atoms with Gasteiger partial charge in [-0.2, -0.15) is 0 Å². The predicted molar refractivity (Wildman–Crippen MR) is 85.0 cm³/mol. The first-order chi connectivity index (χ1) is 12.1. The molecule has 126 valence electrons. The Hall–Kier alpha value is -3.46. The summed E-state index contributed by atoms with van der Waals surface area (Å²) < 4.78 is 5.27. The first-order valence-electron chi connectivity index (χ1n) is 7.43. The predicted octanol–water partition coefficient (Wildman–Crippen LogP) is -2.06. The molecule has 1 aromatic carbocycles. The van der Waals surface area contributed by atoms with Crippen molar-refractivity contribution < 1.29 is 23.9 Å². The standard InChI is InChI=1S/C16H12N4O5/c21-13-9(5-25-6-17-13)11-7-3-1-2-4-8(7)12(18-11)10-14(22)19-16(24)20-15(10)23/h1-4,18H,5-6H2,(H,17,21)(H2,19,20,22,23,24)/b11-9-. The van der Waals surface area contributed by atoms with E-state index >= 15 is 0 Å². The second kappa shape index (κ2) is 5.56. The number of aromatic nitrogens is 1. The molecule has 2 aliphatic heterocycles. The van der Waals surface area contributed by atoms with Crippen molar-refractivity contribution in [1.29, 1.82) is 0 Å². The number of barbiturate groups is 1. The van der Waals surface area contributed by atoms with Crippen LogP contribution in [0.5, 0.6) is 0 Å². The lowest BCUT2D eigenvalue weighted by Gasteiger charge is -2.15. The molecule has 0 spiro atoms. The highest BCUT2D eigenvalue weighted by atomic mass is 16.5. The summed E-state index contributed by atoms with van der Waals surface area (Å²) in [6.07, 6.45) is 0. The van der Waals surface area contributed by atoms with Crippen LogP contribution in [-0.2, 0) is 19.1 Å². The number of carbonyl (C=O) groups excluding carboxylic acids is 4. The number of carbonyl (C=O) groups is 4. The Morgan fingerprint density at radius 2 is 1.48 bits per heavy atom. The Morgan fingerprint density at radius 1 is 0.840 bits per heavy atom. The van der Waals surface area contributed by atoms with E-state index in [1.165, 1.54) is 0 Å². The second-order valence-electron chi connectivity index (χ2n) is 5.51. The number of ether oxygens (including phenoxy) is 1. The fraction of sp³-hybridized carbons (Fsp3) is 0.125. The van der Waals surface area contributed by atoms with Crippen LogP contribution in [0.3, 0.4) is 0 Å². The van der Waals surface area contributed by atoms with Crippen molar-refractivity contribution in [3.05, 3.63) is 35.0 Å². The summed E-state index contributed by atoms with van der Waals surface area (Å²) in [6.45, 7) is 0.222. The fourth-order valence-electron chi connectivity index (χ4n) is 2.93. The van der Waals surface area contributed by atoms with Gasteiger partial charge in [0.2, 0.25) is 0 Å². The van der Waals surface area contributed by atoms with E-state index in [4.69, 9.17) is 4.74 Å². The highest BCUT2D eigenvalue weighted by Crippen LogP contribution is 2.10. The van der Waals surface area contributed by atoms with Crippen molar-refractivity contribution in [2.75, 3.05) is 13.3 Å². The summed E-state index contributed by atoms with van der Waals surface area (Å²) in [7, 11) is 0. The average molecular weight is 340 g/mol. The van der Waals surface area contributed by atoms with E-state index in [0.717, 1.165) is 0 Å². The molecule has 0 saturated carbocycles. The number of nitrogens with one attached hydrogen (secondary N) is 4. The van der Waals surface area contributed by atoms with Crippen molar-refractivity contribution in [2.45, 2.75) is 0 Å². The molecule has 4 N–H and O–H groups in total. The molecule has 9 heteroatoms. The summed E-state index contributed by atoms with van der Waals surface area (Å²) in [4.78, 5) is 50.7. The van der Waals surface area contributed by atoms with Crippen molar-refractivity contribution in [3.8, 4) is 0 Å². The topological polar surface area (TPSA) is 129 Å². The molecular weight excluding hydrogens is 328 g/mol. The number of hydrogen-bond acceptors (Lipinski definition) is 5. The summed E-state index contributed by atoms with van der Waals surface area (Å²) in [5, 5.41) is 8.61. The van der Waals surface area contributed by atoms with E-state index in [2.05, 4.69) is 10.3 Å². The molecule has 1 aromatic heterocycles. The zero-order valence-electron chi connectivity index (χ0n) is 12.8. The van der Waals surface area contributed by atoms with Crippen LogP contribution < -0.4 is 26.6 Å². The lowest BCUT2D eigenvalue weighted by atomic mass is 10.1. The highest BCUT2D eigenvalue weighted by Gasteiger charge is 2.30. The van der Waals surface area contributed by atoms with Gasteiger partial charge in [0, 0.05) is 10.8 Å². The molecular formula is C16H12N4O5. The fourth-order valence-corrected chi connectivity index (χ4v) is 2.93. The third kappa shape index (κ3) is 2.37. The Labute approximate surface area is 139 Å². The maximum atomic E-state index is 12.1. The minimum atomic E-state index is -0.871. The number of hydrogen-bond donors (Lipinski definition) is 4. The summed E-state index contributed by atoms with van der Waals surface area (Å²) in [5.41, 5.74) is 0.141. The zero-order chi connectivity index (χ0) is 17.6. The Bertz CT molecular complexity index is 1060. The molecule has 0 aliphatic carbocycles. The van der Waals surface area contributed by atoms with Gasteiger partial charge in [0.05, 0.1) is 22.9 Å². The van der Waals surface area contributed by atoms with Crippen LogP contribution in [-0.4, -0.2) is 42.1 Å². The van der Waals surface area contributed by atoms with E-state index in [1.807, 2.05) is 10.6 Å². The number of amides is 5. The maximum Gasteiger partial charge on any atom is 0.328 e. The largest absolute Gasteiger partial charge is 0.356 e. The normalized spacial score (nSPS) is 20.4. The first-order valence-corrected chi connectivity index (χ1v) is 7.43. The number of rotatable bonds is 0. The summed E-state index contributed by atoms with van der Waals surface area (Å²) in [6, 6.07) is 6.14. The molecule has 3 heterocycles. The second-order valence-corrected chi connectivity index (χ2v) is 5.51. The van der Waals surface area contributed by atoms with Crippen molar-refractivity contribution in [1.82, 2.24) is 20.9 Å². The SMILES string of the molecule is O=C1NC(=O)C(=c2[nH]/c(=C3/COCNC3=O)c3ccccc23)C(=O)N1. The smallest absolute Gasteiger partial charge is 0.328 e. The van der Waals surface area contributed by atoms with E-state index in [0.29, 0.717) is 21.7 Å². The molecule has 9 nitrogen and oxygen atoms in total. The molecule has 0 bridgehead atoms. The van der Waals surface area contributed by atoms with Crippen LogP contribution in [0.1, 0.15) is 0 Å². The molecule has 2 aliphatic rings. The number of fused-ring (bicyclic) bond motifs is 1. The lowest BCUT2D eigenvalue weighted by Crippen LogP contribution is -2.52. The molecule has 25 heavy (non-hydrogen) atoms. The summed E-state index contributed by atoms with van der Waals surface area (Å²) in [5.74, 6) is -1.90. The van der Waals surface area contributed by atoms with Gasteiger partial charge >= 0.3 is 6.03 Å². The number of urea groups is 1. The molecule has 2 saturated heterocycles. The van der Waals surface area contributed by atoms with Crippen molar-refractivity contribution >= 4 is 45.7 Å². The van der Waals surface area contributed by atoms with E-state index in [-0.39, 0.29) is 30.2 Å². The minimum Gasteiger partial charge on any atom is -0.356 e. The first kappa shape index (κ1) is 15.1. The van der Waals surface area contributed by atoms with Gasteiger partial charge in [0.25, 0.3) is 17.7 Å². The molecule has 2 aromatic rings. The third-order valence-electron chi connectivity index (χ3n) is 4.03. The van der Waals surface area contributed by atoms with Gasteiger partial charge in [-0.3, -0.25) is 25.0 Å². The molecule has 4 rings (SSSR count). The lowest BCUT2D eigenvalue weighted by molar-refractivity contribution is -0.121. The van der Waals surface area contributed by atoms with Crippen molar-refractivity contribution in [3.63, 3.8) is 0 Å². The van der Waals surface area contributed by atoms with E-state index in [1.54, 1.807) is 24.3 Å². The van der Waals surface area contributed by atoms with E-state index < -0.39 is 17.8 Å². The van der Waals surface area contributed by atoms with Crippen LogP contribution in [0, 0.1) is 0 Å². The molecule has 5 amide bonds. The number of imide groups is 2. The Morgan fingerprint density at radius 3 is 2.12 bits per heavy atom. The van der Waals surface area contributed by atoms with Gasteiger partial charge < -0.3 is 15.0 Å². The van der Waals surface area contributed by atoms with Crippen LogP contribution in [0.4, 0.5) is 4.79 Å². The van der Waals surface area contributed by atoms with E-state index in [9.17, 15) is 19.2 Å². The van der Waals surface area contributed by atoms with Crippen LogP contribution in [0.2, 0.25) is 0 Å². The maximum absolute atomic E-state index is 12.1. The summed E-state index contributed by atoms with van der Waals surface area (Å²) >= 11 is 0. The monoisotopic (exact) mass is 340 g/mol. The third-order valence-corrected chi connectivity index (χ3v) is 4.03. The highest BCUT2D eigenvalue weighted by molar-refractivity contribution is 6.46. The van der Waals surface area contributed by atoms with Crippen LogP contribution in [0.15, 0.2) is 24.3 Å². The van der Waals surface area contributed by atoms with Crippen LogP contribution in [0.25, 0.3) is 21.9 Å². The average Bonchev–Trinajstić information content (AvgIpc) is 2.94. The number of benzene rings is 1. The Balaban J connectivity index is 2.11. The van der Waals surface area contributed by atoms with Crippen molar-refractivity contribution in [2.24, 2.45) is 0 Å². The molecule has 2 fully saturated rings. The van der Waals surface area contributed by atoms with Gasteiger partial charge in [-0.1, -0.05) is 24.3 Å². The van der Waals surface area contributed by atoms with Crippen LogP contribution >= 0.6 is 0 Å². The minimum absolute atomic E-state index is 0.0992. The number of aromatic amines is 1. The Kier molecular flexibility index (Phi) is 3.36. The quantitative estimate of drug-likeness (QED) is 0.438. The molecule has 0 atom stereocenters. The number of H-pyrrole nitrogens is 1.